The summed E-state index contributed by atoms with van der Waals surface area (Å²) in [6.45, 7) is 3.59. The Balaban J connectivity index is 1.03. The molecule has 0 unspecified atom stereocenters. The maximum absolute atomic E-state index is 4.51. The fourth-order valence-electron chi connectivity index (χ4n) is 3.49. The zero-order valence-corrected chi connectivity index (χ0v) is 19.3. The number of aliphatic imine (C=N–C) groups is 2. The summed E-state index contributed by atoms with van der Waals surface area (Å²) in [7, 11) is 0. The number of aromatic amines is 2. The van der Waals surface area contributed by atoms with Crippen LogP contribution in [-0.4, -0.2) is 58.5 Å². The highest BCUT2D eigenvalue weighted by Crippen LogP contribution is 2.14. The second-order valence-electron chi connectivity index (χ2n) is 7.99. The summed E-state index contributed by atoms with van der Waals surface area (Å²) in [5, 5.41) is 3.48. The lowest BCUT2D eigenvalue weighted by atomic mass is 10.2. The lowest BCUT2D eigenvalue weighted by molar-refractivity contribution is 0.612. The fraction of sp³-hybridized carbons (Fsp3) is 0.259. The van der Waals surface area contributed by atoms with Crippen LogP contribution in [0.1, 0.15) is 30.7 Å². The molecule has 0 atom stereocenters. The first-order valence-corrected chi connectivity index (χ1v) is 11.8. The molecule has 0 aliphatic heterocycles. The van der Waals surface area contributed by atoms with Crippen molar-refractivity contribution in [3.8, 4) is 22.8 Å². The van der Waals surface area contributed by atoms with E-state index in [9.17, 15) is 0 Å². The van der Waals surface area contributed by atoms with E-state index in [1.54, 1.807) is 0 Å². The van der Waals surface area contributed by atoms with Crippen molar-refractivity contribution in [1.82, 2.24) is 25.3 Å². The maximum Gasteiger partial charge on any atom is 0.137 e. The maximum atomic E-state index is 4.51. The molecule has 34 heavy (non-hydrogen) atoms. The molecular weight excluding hydrogens is 422 g/mol. The molecule has 0 radical (unpaired) electrons. The van der Waals surface area contributed by atoms with Crippen LogP contribution < -0.4 is 5.32 Å². The predicted octanol–water partition coefficient (Wildman–Crippen LogP) is 4.76. The molecule has 0 aliphatic rings. The van der Waals surface area contributed by atoms with Crippen molar-refractivity contribution < 1.29 is 0 Å². The number of imidazole rings is 2. The monoisotopic (exact) mass is 453 g/mol. The molecule has 2 heterocycles. The smallest absolute Gasteiger partial charge is 0.137 e. The van der Waals surface area contributed by atoms with E-state index in [-0.39, 0.29) is 0 Å². The topological polar surface area (TPSA) is 94.1 Å². The average molecular weight is 454 g/mol. The van der Waals surface area contributed by atoms with Gasteiger partial charge in [0.2, 0.25) is 0 Å². The van der Waals surface area contributed by atoms with E-state index in [2.05, 4.69) is 35.2 Å². The number of nitrogens with zero attached hydrogens (tertiary/aromatic N) is 4. The highest BCUT2D eigenvalue weighted by molar-refractivity contribution is 5.78. The molecule has 4 rings (SSSR count). The first kappa shape index (κ1) is 23.3. The van der Waals surface area contributed by atoms with Crippen molar-refractivity contribution in [2.24, 2.45) is 9.98 Å². The number of H-pyrrole nitrogens is 2. The minimum atomic E-state index is 0.798. The summed E-state index contributed by atoms with van der Waals surface area (Å²) in [5.74, 6) is 1.74. The molecule has 0 fully saturated rings. The van der Waals surface area contributed by atoms with Crippen LogP contribution >= 0.6 is 0 Å². The number of benzene rings is 2. The Morgan fingerprint density at radius 3 is 1.71 bits per heavy atom. The predicted molar refractivity (Wildman–Crippen MR) is 140 cm³/mol. The van der Waals surface area contributed by atoms with Gasteiger partial charge in [0.1, 0.15) is 11.6 Å². The van der Waals surface area contributed by atoms with Gasteiger partial charge < -0.3 is 15.3 Å². The van der Waals surface area contributed by atoms with Crippen LogP contribution in [0.2, 0.25) is 0 Å². The SMILES string of the molecule is C(=NCCCCNCCCN=Cc1cnc(-c2ccccc2)[nH]1)c1cnc(-c2ccccc2)[nH]1. The van der Waals surface area contributed by atoms with E-state index in [0.717, 1.165) is 79.6 Å². The van der Waals surface area contributed by atoms with Gasteiger partial charge in [0.25, 0.3) is 0 Å². The van der Waals surface area contributed by atoms with Crippen molar-refractivity contribution in [2.45, 2.75) is 19.3 Å². The van der Waals surface area contributed by atoms with E-state index in [4.69, 9.17) is 0 Å². The molecule has 0 saturated heterocycles. The molecule has 0 amide bonds. The third-order valence-electron chi connectivity index (χ3n) is 5.28. The normalized spacial score (nSPS) is 11.6. The third kappa shape index (κ3) is 7.35. The van der Waals surface area contributed by atoms with E-state index >= 15 is 0 Å². The van der Waals surface area contributed by atoms with Gasteiger partial charge in [0.05, 0.1) is 23.8 Å². The minimum absolute atomic E-state index is 0.798. The number of unbranched alkanes of at least 4 members (excludes halogenated alkanes) is 1. The summed E-state index contributed by atoms with van der Waals surface area (Å²) in [6, 6.07) is 20.2. The van der Waals surface area contributed by atoms with Crippen molar-refractivity contribution in [1.29, 1.82) is 0 Å². The molecule has 0 saturated carbocycles. The van der Waals surface area contributed by atoms with Gasteiger partial charge in [0.15, 0.2) is 0 Å². The van der Waals surface area contributed by atoms with E-state index < -0.39 is 0 Å². The molecule has 2 aromatic heterocycles. The Bertz CT molecular complexity index is 1070. The minimum Gasteiger partial charge on any atom is -0.337 e. The largest absolute Gasteiger partial charge is 0.337 e. The Morgan fingerprint density at radius 2 is 1.15 bits per heavy atom. The third-order valence-corrected chi connectivity index (χ3v) is 5.28. The fourth-order valence-corrected chi connectivity index (χ4v) is 3.49. The zero-order chi connectivity index (χ0) is 23.3. The molecule has 174 valence electrons. The van der Waals surface area contributed by atoms with Crippen LogP contribution in [0, 0.1) is 0 Å². The van der Waals surface area contributed by atoms with Crippen LogP contribution in [0.5, 0.6) is 0 Å². The van der Waals surface area contributed by atoms with E-state index in [0.29, 0.717) is 0 Å². The Morgan fingerprint density at radius 1 is 0.647 bits per heavy atom. The van der Waals surface area contributed by atoms with Crippen LogP contribution in [-0.2, 0) is 0 Å². The molecule has 2 aromatic carbocycles. The zero-order valence-electron chi connectivity index (χ0n) is 19.3. The van der Waals surface area contributed by atoms with Crippen LogP contribution in [0.25, 0.3) is 22.8 Å². The summed E-state index contributed by atoms with van der Waals surface area (Å²) in [5.41, 5.74) is 4.02. The molecule has 0 bridgehead atoms. The van der Waals surface area contributed by atoms with Crippen molar-refractivity contribution in [2.75, 3.05) is 26.2 Å². The number of rotatable bonds is 13. The summed E-state index contributed by atoms with van der Waals surface area (Å²) in [4.78, 5) is 24.4. The van der Waals surface area contributed by atoms with Crippen molar-refractivity contribution >= 4 is 12.4 Å². The van der Waals surface area contributed by atoms with Crippen LogP contribution in [0.3, 0.4) is 0 Å². The highest BCUT2D eigenvalue weighted by atomic mass is 14.9. The van der Waals surface area contributed by atoms with Crippen molar-refractivity contribution in [3.63, 3.8) is 0 Å². The van der Waals surface area contributed by atoms with Gasteiger partial charge in [-0.05, 0) is 32.4 Å². The average Bonchev–Trinajstić information content (AvgIpc) is 3.56. The Labute approximate surface area is 200 Å². The summed E-state index contributed by atoms with van der Waals surface area (Å²) in [6.07, 6.45) is 10.6. The number of aromatic nitrogens is 4. The molecule has 0 spiro atoms. The standard InChI is InChI=1S/C27H31N7/c1-3-10-22(11-4-1)26-31-20-24(33-26)18-29-15-8-7-14-28-16-9-17-30-19-25-21-32-27(34-25)23-12-5-2-6-13-23/h1-6,10-13,18-21,28H,7-9,14-17H2,(H,31,33)(H,32,34). The Hall–Kier alpha value is -3.84. The quantitative estimate of drug-likeness (QED) is 0.201. The first-order chi connectivity index (χ1) is 16.9. The van der Waals surface area contributed by atoms with Crippen LogP contribution in [0.4, 0.5) is 0 Å². The van der Waals surface area contributed by atoms with Gasteiger partial charge in [-0.25, -0.2) is 9.97 Å². The van der Waals surface area contributed by atoms with Gasteiger partial charge in [-0.3, -0.25) is 9.98 Å². The van der Waals surface area contributed by atoms with Crippen molar-refractivity contribution in [3.05, 3.63) is 84.4 Å². The molecular formula is C27H31N7. The first-order valence-electron chi connectivity index (χ1n) is 11.8. The number of hydrogen-bond acceptors (Lipinski definition) is 5. The van der Waals surface area contributed by atoms with Gasteiger partial charge in [-0.1, -0.05) is 60.7 Å². The number of nitrogens with one attached hydrogen (secondary N) is 3. The van der Waals surface area contributed by atoms with Gasteiger partial charge in [-0.15, -0.1) is 0 Å². The van der Waals surface area contributed by atoms with E-state index in [1.165, 1.54) is 0 Å². The molecule has 3 N–H and O–H groups in total. The molecule has 4 aromatic rings. The number of hydrogen-bond donors (Lipinski definition) is 3. The highest BCUT2D eigenvalue weighted by Gasteiger charge is 2.01. The molecule has 7 nitrogen and oxygen atoms in total. The molecule has 7 heteroatoms. The van der Waals surface area contributed by atoms with E-state index in [1.807, 2.05) is 85.5 Å². The lowest BCUT2D eigenvalue weighted by Crippen LogP contribution is -2.17. The van der Waals surface area contributed by atoms with Gasteiger partial charge in [-0.2, -0.15) is 0 Å². The van der Waals surface area contributed by atoms with Crippen LogP contribution in [0.15, 0.2) is 83.0 Å². The van der Waals surface area contributed by atoms with Gasteiger partial charge >= 0.3 is 0 Å². The summed E-state index contributed by atoms with van der Waals surface area (Å²) >= 11 is 0. The lowest BCUT2D eigenvalue weighted by Gasteiger charge is -2.02. The second kappa shape index (κ2) is 13.0. The van der Waals surface area contributed by atoms with Gasteiger partial charge in [0, 0.05) is 36.6 Å². The molecule has 0 aliphatic carbocycles. The Kier molecular flexibility index (Phi) is 8.92. The summed E-state index contributed by atoms with van der Waals surface area (Å²) < 4.78 is 0. The second-order valence-corrected chi connectivity index (χ2v) is 7.99.